The van der Waals surface area contributed by atoms with E-state index >= 15 is 0 Å². The normalized spacial score (nSPS) is 15.5. The Morgan fingerprint density at radius 2 is 2.05 bits per heavy atom. The van der Waals surface area contributed by atoms with E-state index in [2.05, 4.69) is 11.1 Å². The van der Waals surface area contributed by atoms with Gasteiger partial charge < -0.3 is 4.90 Å². The largest absolute Gasteiger partial charge is 0.342 e. The fraction of sp³-hybridized carbons (Fsp3) is 0.500. The third-order valence-corrected chi connectivity index (χ3v) is 4.82. The first-order valence-corrected chi connectivity index (χ1v) is 8.20. The van der Waals surface area contributed by atoms with Gasteiger partial charge in [-0.05, 0) is 39.7 Å². The van der Waals surface area contributed by atoms with Crippen molar-refractivity contribution in [1.29, 1.82) is 5.26 Å². The summed E-state index contributed by atoms with van der Waals surface area (Å²) in [5.41, 5.74) is 1.40. The van der Waals surface area contributed by atoms with Crippen molar-refractivity contribution in [3.05, 3.63) is 22.9 Å². The van der Waals surface area contributed by atoms with Gasteiger partial charge in [-0.1, -0.05) is 11.8 Å². The van der Waals surface area contributed by atoms with Crippen LogP contribution in [0.15, 0.2) is 11.1 Å². The molecule has 6 heteroatoms. The smallest absolute Gasteiger partial charge is 0.235 e. The Balaban J connectivity index is 2.21. The van der Waals surface area contributed by atoms with Crippen molar-refractivity contribution in [2.24, 2.45) is 0 Å². The number of carbonyl (C=O) groups is 2. The Morgan fingerprint density at radius 1 is 1.41 bits per heavy atom. The number of amides is 1. The molecule has 116 valence electrons. The van der Waals surface area contributed by atoms with Gasteiger partial charge in [-0.2, -0.15) is 5.26 Å². The van der Waals surface area contributed by atoms with E-state index in [1.165, 1.54) is 18.7 Å². The molecule has 1 saturated heterocycles. The molecule has 1 aliphatic rings. The van der Waals surface area contributed by atoms with Gasteiger partial charge in [0.05, 0.1) is 10.8 Å². The highest BCUT2D eigenvalue weighted by atomic mass is 32.2. The Bertz CT molecular complexity index is 646. The van der Waals surface area contributed by atoms with Crippen molar-refractivity contribution >= 4 is 23.5 Å². The molecule has 0 radical (unpaired) electrons. The zero-order valence-corrected chi connectivity index (χ0v) is 13.9. The highest BCUT2D eigenvalue weighted by molar-refractivity contribution is 8.00. The summed E-state index contributed by atoms with van der Waals surface area (Å²) in [6.45, 7) is 6.66. The molecule has 1 unspecified atom stereocenters. The number of nitrogens with zero attached hydrogens (tertiary/aromatic N) is 3. The number of ketones is 1. The van der Waals surface area contributed by atoms with Crippen molar-refractivity contribution in [3.63, 3.8) is 0 Å². The molecule has 22 heavy (non-hydrogen) atoms. The maximum absolute atomic E-state index is 12.3. The minimum atomic E-state index is -0.291. The minimum absolute atomic E-state index is 0.0847. The van der Waals surface area contributed by atoms with Gasteiger partial charge in [-0.15, -0.1) is 0 Å². The standard InChI is InChI=1S/C16H19N3O2S/c1-10-14(11(2)20)8-13(9-17)15(18-10)22-12(3)16(21)19-6-4-5-7-19/h8,12H,4-7H2,1-3H3. The fourth-order valence-electron chi connectivity index (χ4n) is 2.52. The molecule has 2 heterocycles. The molecule has 1 aromatic rings. The number of aryl methyl sites for hydroxylation is 1. The van der Waals surface area contributed by atoms with Crippen LogP contribution in [0.5, 0.6) is 0 Å². The summed E-state index contributed by atoms with van der Waals surface area (Å²) >= 11 is 1.29. The van der Waals surface area contributed by atoms with Crippen LogP contribution >= 0.6 is 11.8 Å². The fourth-order valence-corrected chi connectivity index (χ4v) is 3.53. The molecular formula is C16H19N3O2S. The van der Waals surface area contributed by atoms with E-state index in [0.717, 1.165) is 25.9 Å². The first-order chi connectivity index (χ1) is 10.4. The molecular weight excluding hydrogens is 298 g/mol. The van der Waals surface area contributed by atoms with E-state index in [0.29, 0.717) is 21.8 Å². The number of carbonyl (C=O) groups excluding carboxylic acids is 2. The van der Waals surface area contributed by atoms with Crippen molar-refractivity contribution in [2.45, 2.75) is 43.9 Å². The summed E-state index contributed by atoms with van der Waals surface area (Å²) in [6, 6.07) is 3.64. The Morgan fingerprint density at radius 3 is 2.59 bits per heavy atom. The monoisotopic (exact) mass is 317 g/mol. The summed E-state index contributed by atoms with van der Waals surface area (Å²) in [4.78, 5) is 30.1. The lowest BCUT2D eigenvalue weighted by Gasteiger charge is -2.20. The highest BCUT2D eigenvalue weighted by Gasteiger charge is 2.25. The number of hydrogen-bond acceptors (Lipinski definition) is 5. The number of aromatic nitrogens is 1. The van der Waals surface area contributed by atoms with Gasteiger partial charge in [0.2, 0.25) is 5.91 Å². The lowest BCUT2D eigenvalue weighted by Crippen LogP contribution is -2.34. The average molecular weight is 317 g/mol. The Kier molecular flexibility index (Phi) is 5.19. The molecule has 0 aromatic carbocycles. The van der Waals surface area contributed by atoms with Gasteiger partial charge in [0, 0.05) is 24.3 Å². The molecule has 2 rings (SSSR count). The van der Waals surface area contributed by atoms with Gasteiger partial charge in [0.1, 0.15) is 11.1 Å². The molecule has 1 aliphatic heterocycles. The van der Waals surface area contributed by atoms with Gasteiger partial charge in [0.15, 0.2) is 5.78 Å². The summed E-state index contributed by atoms with van der Waals surface area (Å²) in [7, 11) is 0. The molecule has 1 aromatic heterocycles. The molecule has 1 atom stereocenters. The van der Waals surface area contributed by atoms with Crippen LogP contribution in [-0.2, 0) is 4.79 Å². The van der Waals surface area contributed by atoms with Crippen molar-refractivity contribution in [3.8, 4) is 6.07 Å². The van der Waals surface area contributed by atoms with Crippen LogP contribution in [0.1, 0.15) is 48.3 Å². The molecule has 0 saturated carbocycles. The quantitative estimate of drug-likeness (QED) is 0.630. The van der Waals surface area contributed by atoms with E-state index in [4.69, 9.17) is 0 Å². The van der Waals surface area contributed by atoms with Crippen LogP contribution in [0.4, 0.5) is 0 Å². The third-order valence-electron chi connectivity index (χ3n) is 3.73. The minimum Gasteiger partial charge on any atom is -0.342 e. The van der Waals surface area contributed by atoms with Crippen molar-refractivity contribution < 1.29 is 9.59 Å². The number of pyridine rings is 1. The lowest BCUT2D eigenvalue weighted by molar-refractivity contribution is -0.129. The van der Waals surface area contributed by atoms with Crippen molar-refractivity contribution in [2.75, 3.05) is 13.1 Å². The van der Waals surface area contributed by atoms with Crippen LogP contribution in [0.3, 0.4) is 0 Å². The molecule has 0 spiro atoms. The summed E-state index contributed by atoms with van der Waals surface area (Å²) in [5.74, 6) is -0.0271. The molecule has 0 N–H and O–H groups in total. The van der Waals surface area contributed by atoms with Gasteiger partial charge in [0.25, 0.3) is 0 Å². The van der Waals surface area contributed by atoms with E-state index in [-0.39, 0.29) is 16.9 Å². The third kappa shape index (κ3) is 3.47. The maximum atomic E-state index is 12.3. The van der Waals surface area contributed by atoms with Gasteiger partial charge in [-0.25, -0.2) is 4.98 Å². The molecule has 1 fully saturated rings. The van der Waals surface area contributed by atoms with E-state index < -0.39 is 0 Å². The summed E-state index contributed by atoms with van der Waals surface area (Å²) < 4.78 is 0. The lowest BCUT2D eigenvalue weighted by atomic mass is 10.1. The number of nitriles is 1. The second-order valence-electron chi connectivity index (χ2n) is 5.43. The predicted octanol–water partition coefficient (Wildman–Crippen LogP) is 2.57. The molecule has 1 amide bonds. The molecule has 0 aliphatic carbocycles. The van der Waals surface area contributed by atoms with Crippen LogP contribution < -0.4 is 0 Å². The van der Waals surface area contributed by atoms with Gasteiger partial charge in [-0.3, -0.25) is 9.59 Å². The zero-order valence-electron chi connectivity index (χ0n) is 13.0. The van der Waals surface area contributed by atoms with Crippen LogP contribution in [-0.4, -0.2) is 39.9 Å². The average Bonchev–Trinajstić information content (AvgIpc) is 3.00. The van der Waals surface area contributed by atoms with Gasteiger partial charge >= 0.3 is 0 Å². The van der Waals surface area contributed by atoms with Crippen LogP contribution in [0, 0.1) is 18.3 Å². The number of likely N-dealkylation sites (tertiary alicyclic amines) is 1. The first kappa shape index (κ1) is 16.5. The maximum Gasteiger partial charge on any atom is 0.235 e. The SMILES string of the molecule is CC(=O)c1cc(C#N)c(SC(C)C(=O)N2CCCC2)nc1C. The summed E-state index contributed by atoms with van der Waals surface area (Å²) in [5, 5.41) is 9.50. The summed E-state index contributed by atoms with van der Waals surface area (Å²) in [6.07, 6.45) is 2.11. The Hall–Kier alpha value is -1.87. The number of hydrogen-bond donors (Lipinski definition) is 0. The molecule has 0 bridgehead atoms. The van der Waals surface area contributed by atoms with Crippen LogP contribution in [0.2, 0.25) is 0 Å². The highest BCUT2D eigenvalue weighted by Crippen LogP contribution is 2.28. The number of Topliss-reactive ketones (excluding diaryl/α,β-unsaturated/α-hetero) is 1. The van der Waals surface area contributed by atoms with Crippen LogP contribution in [0.25, 0.3) is 0 Å². The predicted molar refractivity (Wildman–Crippen MR) is 84.8 cm³/mol. The first-order valence-electron chi connectivity index (χ1n) is 7.32. The Labute approximate surface area is 134 Å². The van der Waals surface area contributed by atoms with E-state index in [9.17, 15) is 14.9 Å². The molecule has 5 nitrogen and oxygen atoms in total. The van der Waals surface area contributed by atoms with Crippen molar-refractivity contribution in [1.82, 2.24) is 9.88 Å². The topological polar surface area (TPSA) is 74.1 Å². The second kappa shape index (κ2) is 6.93. The zero-order chi connectivity index (χ0) is 16.3. The second-order valence-corrected chi connectivity index (χ2v) is 6.76. The van der Waals surface area contributed by atoms with E-state index in [1.807, 2.05) is 11.8 Å². The number of rotatable bonds is 4. The van der Waals surface area contributed by atoms with E-state index in [1.54, 1.807) is 13.0 Å². The number of thioether (sulfide) groups is 1.